The van der Waals surface area contributed by atoms with Crippen LogP contribution in [0.15, 0.2) is 49.7 Å². The summed E-state index contributed by atoms with van der Waals surface area (Å²) < 4.78 is 4.36. The van der Waals surface area contributed by atoms with Gasteiger partial charge in [0, 0.05) is 0 Å². The highest BCUT2D eigenvalue weighted by Crippen LogP contribution is 1.96. The summed E-state index contributed by atoms with van der Waals surface area (Å²) in [5, 5.41) is 3.46. The predicted molar refractivity (Wildman–Crippen MR) is 49.5 cm³/mol. The highest BCUT2D eigenvalue weighted by Gasteiger charge is 1.52. The lowest BCUT2D eigenvalue weighted by atomic mass is 11.1. The lowest BCUT2D eigenvalue weighted by Crippen LogP contribution is -1.52. The fourth-order valence-corrected chi connectivity index (χ4v) is 0.272. The van der Waals surface area contributed by atoms with E-state index in [2.05, 4.69) is 31.1 Å². The third-order valence-electron chi connectivity index (χ3n) is 0.385. The SMILES string of the molecule is C=COC=C.C=CSC=C. The first kappa shape index (κ1) is 11.9. The zero-order valence-corrected chi connectivity index (χ0v) is 6.77. The van der Waals surface area contributed by atoms with Gasteiger partial charge < -0.3 is 4.74 Å². The van der Waals surface area contributed by atoms with Gasteiger partial charge in [-0.25, -0.2) is 0 Å². The van der Waals surface area contributed by atoms with Crippen molar-refractivity contribution in [2.24, 2.45) is 0 Å². The van der Waals surface area contributed by atoms with Crippen LogP contribution in [-0.2, 0) is 4.74 Å². The van der Waals surface area contributed by atoms with Crippen molar-refractivity contribution in [2.45, 2.75) is 0 Å². The summed E-state index contributed by atoms with van der Waals surface area (Å²) in [4.78, 5) is 0. The minimum atomic E-state index is 1.31. The fourth-order valence-electron chi connectivity index (χ4n) is 0.136. The predicted octanol–water partition coefficient (Wildman–Crippen LogP) is 3.30. The molecule has 0 saturated carbocycles. The van der Waals surface area contributed by atoms with Crippen molar-refractivity contribution in [3.8, 4) is 0 Å². The maximum atomic E-state index is 4.36. The summed E-state index contributed by atoms with van der Waals surface area (Å²) in [5.74, 6) is 0. The molecule has 0 amide bonds. The molecule has 2 heteroatoms. The molecule has 0 heterocycles. The summed E-state index contributed by atoms with van der Waals surface area (Å²) in [6, 6.07) is 0. The minimum absolute atomic E-state index is 1.31. The smallest absolute Gasteiger partial charge is 0.0829 e. The standard InChI is InChI=1S/C4H6O.C4H6S/c2*1-3-5-4-2/h2*3-4H,1-2H2. The van der Waals surface area contributed by atoms with E-state index in [4.69, 9.17) is 0 Å². The second kappa shape index (κ2) is 15.7. The van der Waals surface area contributed by atoms with Crippen molar-refractivity contribution >= 4 is 11.8 Å². The molecule has 0 spiro atoms. The lowest BCUT2D eigenvalue weighted by Gasteiger charge is -1.76. The van der Waals surface area contributed by atoms with E-state index >= 15 is 0 Å². The van der Waals surface area contributed by atoms with Crippen LogP contribution in [-0.4, -0.2) is 0 Å². The average molecular weight is 156 g/mol. The molecule has 0 aromatic carbocycles. The Labute approximate surface area is 66.8 Å². The molecule has 0 aliphatic rings. The van der Waals surface area contributed by atoms with Crippen LogP contribution in [0.3, 0.4) is 0 Å². The first-order valence-corrected chi connectivity index (χ1v) is 3.52. The van der Waals surface area contributed by atoms with Crippen LogP contribution in [0.4, 0.5) is 0 Å². The van der Waals surface area contributed by atoms with Crippen LogP contribution >= 0.6 is 11.8 Å². The molecule has 0 aromatic rings. The average Bonchev–Trinajstić information content (AvgIpc) is 1.93. The summed E-state index contributed by atoms with van der Waals surface area (Å²) in [5.41, 5.74) is 0. The van der Waals surface area contributed by atoms with Crippen LogP contribution in [0.1, 0.15) is 0 Å². The van der Waals surface area contributed by atoms with E-state index in [0.29, 0.717) is 0 Å². The van der Waals surface area contributed by atoms with E-state index in [1.165, 1.54) is 24.3 Å². The summed E-state index contributed by atoms with van der Waals surface area (Å²) in [6.07, 6.45) is 2.62. The molecule has 0 bridgehead atoms. The zero-order chi connectivity index (χ0) is 8.24. The first-order chi connectivity index (χ1) is 4.83. The number of hydrogen-bond acceptors (Lipinski definition) is 2. The van der Waals surface area contributed by atoms with Crippen LogP contribution in [0.2, 0.25) is 0 Å². The Morgan fingerprint density at radius 3 is 1.30 bits per heavy atom. The summed E-state index contributed by atoms with van der Waals surface area (Å²) in [7, 11) is 0. The van der Waals surface area contributed by atoms with Crippen molar-refractivity contribution in [1.82, 2.24) is 0 Å². The normalized spacial score (nSPS) is 6.00. The molecule has 0 aromatic heterocycles. The Hall–Kier alpha value is -0.890. The van der Waals surface area contributed by atoms with E-state index in [-0.39, 0.29) is 0 Å². The molecular weight excluding hydrogens is 144 g/mol. The van der Waals surface area contributed by atoms with Gasteiger partial charge in [-0.2, -0.15) is 0 Å². The molecular formula is C8H12OS. The van der Waals surface area contributed by atoms with E-state index in [1.807, 2.05) is 0 Å². The Morgan fingerprint density at radius 1 is 0.900 bits per heavy atom. The molecule has 0 fully saturated rings. The molecule has 56 valence electrons. The highest BCUT2D eigenvalue weighted by molar-refractivity contribution is 8.04. The van der Waals surface area contributed by atoms with Gasteiger partial charge in [-0.3, -0.25) is 0 Å². The Balaban J connectivity index is 0. The van der Waals surface area contributed by atoms with Gasteiger partial charge in [0.05, 0.1) is 12.5 Å². The van der Waals surface area contributed by atoms with Crippen LogP contribution in [0.25, 0.3) is 0 Å². The van der Waals surface area contributed by atoms with E-state index in [1.54, 1.807) is 10.8 Å². The minimum Gasteiger partial charge on any atom is -0.474 e. The second-order valence-electron chi connectivity index (χ2n) is 0.939. The largest absolute Gasteiger partial charge is 0.474 e. The molecule has 1 nitrogen and oxygen atoms in total. The van der Waals surface area contributed by atoms with Gasteiger partial charge in [-0.05, 0) is 10.8 Å². The van der Waals surface area contributed by atoms with Gasteiger partial charge >= 0.3 is 0 Å². The van der Waals surface area contributed by atoms with Crippen molar-refractivity contribution < 1.29 is 4.74 Å². The molecule has 0 N–H and O–H groups in total. The van der Waals surface area contributed by atoms with Crippen molar-refractivity contribution in [3.05, 3.63) is 49.7 Å². The van der Waals surface area contributed by atoms with Gasteiger partial charge in [0.15, 0.2) is 0 Å². The summed E-state index contributed by atoms with van der Waals surface area (Å²) >= 11 is 1.49. The molecule has 0 aliphatic carbocycles. The van der Waals surface area contributed by atoms with Crippen LogP contribution in [0.5, 0.6) is 0 Å². The van der Waals surface area contributed by atoms with E-state index in [0.717, 1.165) is 0 Å². The Morgan fingerprint density at radius 2 is 1.30 bits per heavy atom. The maximum Gasteiger partial charge on any atom is 0.0829 e. The third-order valence-corrected chi connectivity index (χ3v) is 0.770. The monoisotopic (exact) mass is 156 g/mol. The molecule has 0 rings (SSSR count). The summed E-state index contributed by atoms with van der Waals surface area (Å²) in [6.45, 7) is 13.4. The lowest BCUT2D eigenvalue weighted by molar-refractivity contribution is 0.406. The van der Waals surface area contributed by atoms with Crippen molar-refractivity contribution in [2.75, 3.05) is 0 Å². The number of rotatable bonds is 4. The molecule has 0 atom stereocenters. The Bertz CT molecular complexity index is 81.8. The first-order valence-electron chi connectivity index (χ1n) is 2.58. The molecule has 0 aliphatic heterocycles. The fraction of sp³-hybridized carbons (Fsp3) is 0. The molecule has 10 heavy (non-hydrogen) atoms. The molecule has 0 unspecified atom stereocenters. The third kappa shape index (κ3) is 27.4. The maximum absolute atomic E-state index is 4.36. The van der Waals surface area contributed by atoms with Crippen LogP contribution in [0, 0.1) is 0 Å². The van der Waals surface area contributed by atoms with E-state index < -0.39 is 0 Å². The van der Waals surface area contributed by atoms with Gasteiger partial charge in [-0.1, -0.05) is 26.3 Å². The van der Waals surface area contributed by atoms with Gasteiger partial charge in [0.1, 0.15) is 0 Å². The van der Waals surface area contributed by atoms with Crippen LogP contribution < -0.4 is 0 Å². The highest BCUT2D eigenvalue weighted by atomic mass is 32.2. The molecule has 0 saturated heterocycles. The van der Waals surface area contributed by atoms with Gasteiger partial charge in [0.25, 0.3) is 0 Å². The van der Waals surface area contributed by atoms with Crippen molar-refractivity contribution in [3.63, 3.8) is 0 Å². The topological polar surface area (TPSA) is 9.23 Å². The van der Waals surface area contributed by atoms with Crippen molar-refractivity contribution in [1.29, 1.82) is 0 Å². The number of ether oxygens (including phenoxy) is 1. The van der Waals surface area contributed by atoms with Gasteiger partial charge in [-0.15, -0.1) is 11.8 Å². The zero-order valence-electron chi connectivity index (χ0n) is 5.95. The van der Waals surface area contributed by atoms with E-state index in [9.17, 15) is 0 Å². The second-order valence-corrected chi connectivity index (χ2v) is 1.88. The number of hydrogen-bond donors (Lipinski definition) is 0. The molecule has 0 radical (unpaired) electrons. The number of thioether (sulfide) groups is 1. The Kier molecular flexibility index (Phi) is 18.6. The quantitative estimate of drug-likeness (QED) is 0.577. The van der Waals surface area contributed by atoms with Gasteiger partial charge in [0.2, 0.25) is 0 Å².